The second-order valence-electron chi connectivity index (χ2n) is 7.65. The van der Waals surface area contributed by atoms with Gasteiger partial charge >= 0.3 is 0 Å². The molecule has 0 spiro atoms. The molecule has 1 aromatic carbocycles. The maximum Gasteiger partial charge on any atom is 0.252 e. The summed E-state index contributed by atoms with van der Waals surface area (Å²) < 4.78 is 8.63. The van der Waals surface area contributed by atoms with Gasteiger partial charge in [0.25, 0.3) is 5.56 Å². The van der Waals surface area contributed by atoms with Gasteiger partial charge in [0.15, 0.2) is 0 Å². The van der Waals surface area contributed by atoms with Crippen molar-refractivity contribution in [3.63, 3.8) is 0 Å². The molecule has 5 rings (SSSR count). The van der Waals surface area contributed by atoms with Crippen molar-refractivity contribution in [3.8, 4) is 0 Å². The number of hydrogen-bond donors (Lipinski definition) is 2. The Bertz CT molecular complexity index is 1400. The first-order valence-corrected chi connectivity index (χ1v) is 10.4. The number of carbonyl (C=O) groups excluding carboxylic acids is 1. The molecule has 4 aromatic rings. The minimum Gasteiger partial charge on any atom is -0.377 e. The van der Waals surface area contributed by atoms with Crippen molar-refractivity contribution in [1.82, 2.24) is 24.3 Å². The van der Waals surface area contributed by atoms with E-state index in [1.54, 1.807) is 29.1 Å². The molecule has 3 aromatic heterocycles. The van der Waals surface area contributed by atoms with E-state index in [0.717, 1.165) is 16.6 Å². The zero-order chi connectivity index (χ0) is 22.8. The first-order chi connectivity index (χ1) is 16.1. The Labute approximate surface area is 188 Å². The van der Waals surface area contributed by atoms with Crippen LogP contribution >= 0.6 is 0 Å². The number of ether oxygens (including phenoxy) is 1. The third kappa shape index (κ3) is 4.37. The number of anilines is 3. The first kappa shape index (κ1) is 20.6. The molecule has 10 nitrogen and oxygen atoms in total. The molecule has 166 valence electrons. The van der Waals surface area contributed by atoms with Crippen LogP contribution in [0.2, 0.25) is 0 Å². The molecule has 0 bridgehead atoms. The van der Waals surface area contributed by atoms with E-state index >= 15 is 0 Å². The lowest BCUT2D eigenvalue weighted by Crippen LogP contribution is -2.30. The Balaban J connectivity index is 1.43. The van der Waals surface area contributed by atoms with Crippen LogP contribution in [0.1, 0.15) is 11.6 Å². The summed E-state index contributed by atoms with van der Waals surface area (Å²) in [7, 11) is 0. The number of rotatable bonds is 7. The van der Waals surface area contributed by atoms with E-state index < -0.39 is 0 Å². The molecule has 4 heterocycles. The fourth-order valence-electron chi connectivity index (χ4n) is 3.52. The van der Waals surface area contributed by atoms with Crippen molar-refractivity contribution >= 4 is 34.3 Å². The van der Waals surface area contributed by atoms with Crippen molar-refractivity contribution in [2.75, 3.05) is 23.8 Å². The number of nitrogens with zero attached hydrogens (tertiary/aromatic N) is 5. The lowest BCUT2D eigenvalue weighted by Gasteiger charge is -2.25. The Hall–Kier alpha value is -4.31. The molecule has 2 N–H and O–H groups in total. The van der Waals surface area contributed by atoms with Crippen molar-refractivity contribution in [3.05, 3.63) is 83.6 Å². The molecule has 10 heteroatoms. The average molecular weight is 443 g/mol. The molecule has 33 heavy (non-hydrogen) atoms. The third-order valence-electron chi connectivity index (χ3n) is 5.30. The molecule has 0 saturated carbocycles. The predicted octanol–water partition coefficient (Wildman–Crippen LogP) is 2.48. The largest absolute Gasteiger partial charge is 0.377 e. The molecular weight excluding hydrogens is 422 g/mol. The second-order valence-corrected chi connectivity index (χ2v) is 7.65. The number of carbonyl (C=O) groups is 1. The van der Waals surface area contributed by atoms with Gasteiger partial charge in [0.05, 0.1) is 37.7 Å². The number of benzene rings is 1. The minimum atomic E-state index is -0.300. The highest BCUT2D eigenvalue weighted by Gasteiger charge is 2.21. The highest BCUT2D eigenvalue weighted by atomic mass is 16.5. The van der Waals surface area contributed by atoms with Crippen molar-refractivity contribution in [1.29, 1.82) is 0 Å². The van der Waals surface area contributed by atoms with Gasteiger partial charge in [0, 0.05) is 29.5 Å². The molecule has 1 saturated heterocycles. The van der Waals surface area contributed by atoms with E-state index in [9.17, 15) is 9.59 Å². The Morgan fingerprint density at radius 2 is 2.09 bits per heavy atom. The van der Waals surface area contributed by atoms with Crippen LogP contribution in [0.5, 0.6) is 0 Å². The first-order valence-electron chi connectivity index (χ1n) is 10.4. The van der Waals surface area contributed by atoms with Gasteiger partial charge in [-0.25, -0.2) is 4.98 Å². The van der Waals surface area contributed by atoms with Gasteiger partial charge < -0.3 is 15.4 Å². The molecule has 0 unspecified atom stereocenters. The van der Waals surface area contributed by atoms with Gasteiger partial charge in [-0.3, -0.25) is 18.8 Å². The second kappa shape index (κ2) is 8.67. The van der Waals surface area contributed by atoms with Crippen LogP contribution in [0.25, 0.3) is 11.0 Å². The topological polar surface area (TPSA) is 116 Å². The third-order valence-corrected chi connectivity index (χ3v) is 5.30. The van der Waals surface area contributed by atoms with Gasteiger partial charge in [-0.05, 0) is 29.8 Å². The van der Waals surface area contributed by atoms with Gasteiger partial charge in [-0.2, -0.15) is 10.1 Å². The summed E-state index contributed by atoms with van der Waals surface area (Å²) in [4.78, 5) is 33.3. The Morgan fingerprint density at radius 3 is 2.88 bits per heavy atom. The van der Waals surface area contributed by atoms with Gasteiger partial charge in [-0.1, -0.05) is 18.7 Å². The lowest BCUT2D eigenvalue weighted by atomic mass is 10.2. The maximum absolute atomic E-state index is 12.7. The number of pyridine rings is 1. The molecule has 0 atom stereocenters. The number of amides is 1. The van der Waals surface area contributed by atoms with Gasteiger partial charge in [0.2, 0.25) is 11.9 Å². The van der Waals surface area contributed by atoms with Crippen LogP contribution in [-0.4, -0.2) is 43.4 Å². The summed E-state index contributed by atoms with van der Waals surface area (Å²) in [5.41, 5.74) is 2.52. The molecule has 1 aliphatic rings. The van der Waals surface area contributed by atoms with Gasteiger partial charge in [0.1, 0.15) is 5.65 Å². The van der Waals surface area contributed by atoms with Crippen LogP contribution in [0.4, 0.5) is 17.3 Å². The van der Waals surface area contributed by atoms with Crippen LogP contribution in [-0.2, 0) is 16.1 Å². The molecular formula is C23H21N7O3. The molecule has 1 amide bonds. The van der Waals surface area contributed by atoms with E-state index in [1.807, 2.05) is 29.1 Å². The number of hydrogen-bond acceptors (Lipinski definition) is 7. The predicted molar refractivity (Wildman–Crippen MR) is 124 cm³/mol. The van der Waals surface area contributed by atoms with Crippen molar-refractivity contribution in [2.24, 2.45) is 0 Å². The number of nitrogens with one attached hydrogen (secondary N) is 2. The van der Waals surface area contributed by atoms with E-state index in [4.69, 9.17) is 4.74 Å². The minimum absolute atomic E-state index is 0.189. The van der Waals surface area contributed by atoms with E-state index in [2.05, 4.69) is 32.3 Å². The van der Waals surface area contributed by atoms with E-state index in [0.29, 0.717) is 30.5 Å². The van der Waals surface area contributed by atoms with Crippen molar-refractivity contribution in [2.45, 2.75) is 12.6 Å². The number of fused-ring (bicyclic) bond motifs is 1. The summed E-state index contributed by atoms with van der Waals surface area (Å²) in [6.07, 6.45) is 6.46. The van der Waals surface area contributed by atoms with Gasteiger partial charge in [-0.15, -0.1) is 0 Å². The highest BCUT2D eigenvalue weighted by Crippen LogP contribution is 2.21. The standard InChI is InChI=1S/C23H21N7O3/c1-2-20(31)26-17-5-3-4-15(8-17)11-29-21(32)7-6-16-9-24-23(28-22(16)29)27-18-10-25-30(12-18)19-13-33-14-19/h2-10,12,19H,1,11,13-14H2,(H,26,31)(H,24,27,28). The Kier molecular flexibility index (Phi) is 5.41. The molecule has 0 aliphatic carbocycles. The summed E-state index contributed by atoms with van der Waals surface area (Å²) in [5, 5.41) is 11.0. The lowest BCUT2D eigenvalue weighted by molar-refractivity contribution is -0.111. The maximum atomic E-state index is 12.7. The molecule has 0 radical (unpaired) electrons. The quantitative estimate of drug-likeness (QED) is 0.422. The zero-order valence-electron chi connectivity index (χ0n) is 17.6. The van der Waals surface area contributed by atoms with E-state index in [1.165, 1.54) is 12.1 Å². The summed E-state index contributed by atoms with van der Waals surface area (Å²) in [6.45, 7) is 5.04. The Morgan fingerprint density at radius 1 is 1.21 bits per heavy atom. The van der Waals surface area contributed by atoms with Crippen LogP contribution < -0.4 is 16.2 Å². The summed E-state index contributed by atoms with van der Waals surface area (Å²) in [5.74, 6) is 0.0596. The SMILES string of the molecule is C=CC(=O)Nc1cccc(Cn2c(=O)ccc3cnc(Nc4cnn(C5COC5)c4)nc32)c1. The van der Waals surface area contributed by atoms with E-state index in [-0.39, 0.29) is 24.1 Å². The van der Waals surface area contributed by atoms with Crippen LogP contribution in [0.15, 0.2) is 72.4 Å². The monoisotopic (exact) mass is 443 g/mol. The summed E-state index contributed by atoms with van der Waals surface area (Å²) >= 11 is 0. The van der Waals surface area contributed by atoms with Crippen LogP contribution in [0, 0.1) is 0 Å². The fraction of sp³-hybridized carbons (Fsp3) is 0.174. The molecule has 1 fully saturated rings. The average Bonchev–Trinajstić information content (AvgIpc) is 3.22. The normalized spacial score (nSPS) is 13.5. The smallest absolute Gasteiger partial charge is 0.252 e. The fourth-order valence-corrected chi connectivity index (χ4v) is 3.52. The van der Waals surface area contributed by atoms with Crippen LogP contribution in [0.3, 0.4) is 0 Å². The zero-order valence-corrected chi connectivity index (χ0v) is 17.6. The highest BCUT2D eigenvalue weighted by molar-refractivity contribution is 5.98. The summed E-state index contributed by atoms with van der Waals surface area (Å²) in [6, 6.07) is 10.7. The number of aromatic nitrogens is 5. The van der Waals surface area contributed by atoms with Crippen molar-refractivity contribution < 1.29 is 9.53 Å². The molecule has 1 aliphatic heterocycles.